The van der Waals surface area contributed by atoms with Gasteiger partial charge in [0.05, 0.1) is 5.69 Å². The van der Waals surface area contributed by atoms with Crippen LogP contribution >= 0.6 is 0 Å². The van der Waals surface area contributed by atoms with Gasteiger partial charge in [-0.25, -0.2) is 18.0 Å². The fourth-order valence-corrected chi connectivity index (χ4v) is 1.26. The Bertz CT molecular complexity index is 436. The van der Waals surface area contributed by atoms with Gasteiger partial charge >= 0.3 is 6.03 Å². The zero-order chi connectivity index (χ0) is 13.7. The minimum absolute atomic E-state index is 0.393. The lowest BCUT2D eigenvalue weighted by Crippen LogP contribution is -2.30. The van der Waals surface area contributed by atoms with Crippen molar-refractivity contribution in [3.05, 3.63) is 29.6 Å². The molecule has 0 unspecified atom stereocenters. The first-order valence-electron chi connectivity index (χ1n) is 5.60. The van der Waals surface area contributed by atoms with Crippen LogP contribution < -0.4 is 10.6 Å². The average Bonchev–Trinajstić information content (AvgIpc) is 2.29. The van der Waals surface area contributed by atoms with Crippen LogP contribution in [0.25, 0.3) is 0 Å². The summed E-state index contributed by atoms with van der Waals surface area (Å²) in [5, 5.41) is 4.61. The topological polar surface area (TPSA) is 41.1 Å². The van der Waals surface area contributed by atoms with Crippen molar-refractivity contribution < 1.29 is 18.0 Å². The number of anilines is 1. The molecule has 0 aromatic heterocycles. The van der Waals surface area contributed by atoms with Crippen LogP contribution in [0.3, 0.4) is 0 Å². The molecule has 0 radical (unpaired) electrons. The number of amides is 2. The second-order valence-corrected chi connectivity index (χ2v) is 4.29. The maximum absolute atomic E-state index is 13.2. The molecule has 0 spiro atoms. The first-order valence-corrected chi connectivity index (χ1v) is 5.60. The maximum atomic E-state index is 13.2. The summed E-state index contributed by atoms with van der Waals surface area (Å²) >= 11 is 0. The van der Waals surface area contributed by atoms with Gasteiger partial charge in [-0.05, 0) is 24.5 Å². The molecule has 0 aliphatic carbocycles. The van der Waals surface area contributed by atoms with Crippen LogP contribution in [0.1, 0.15) is 20.3 Å². The van der Waals surface area contributed by atoms with Crippen LogP contribution in [0.4, 0.5) is 23.7 Å². The molecule has 0 fully saturated rings. The highest BCUT2D eigenvalue weighted by molar-refractivity contribution is 5.89. The van der Waals surface area contributed by atoms with Crippen molar-refractivity contribution in [1.82, 2.24) is 5.32 Å². The van der Waals surface area contributed by atoms with Crippen molar-refractivity contribution in [3.63, 3.8) is 0 Å². The number of carbonyl (C=O) groups excluding carboxylic acids is 1. The highest BCUT2D eigenvalue weighted by Crippen LogP contribution is 2.19. The Balaban J connectivity index is 2.57. The van der Waals surface area contributed by atoms with Gasteiger partial charge in [-0.3, -0.25) is 0 Å². The molecule has 0 saturated carbocycles. The van der Waals surface area contributed by atoms with E-state index >= 15 is 0 Å². The minimum atomic E-state index is -1.60. The van der Waals surface area contributed by atoms with Gasteiger partial charge in [0.1, 0.15) is 0 Å². The first kappa shape index (κ1) is 14.3. The molecule has 100 valence electrons. The van der Waals surface area contributed by atoms with Crippen LogP contribution in [0, 0.1) is 23.4 Å². The van der Waals surface area contributed by atoms with Crippen LogP contribution in [-0.4, -0.2) is 12.6 Å². The molecule has 0 aliphatic rings. The lowest BCUT2D eigenvalue weighted by atomic mass is 10.1. The summed E-state index contributed by atoms with van der Waals surface area (Å²) in [6.45, 7) is 4.41. The number of halogens is 3. The van der Waals surface area contributed by atoms with Crippen molar-refractivity contribution in [2.24, 2.45) is 5.92 Å². The van der Waals surface area contributed by atoms with E-state index in [0.29, 0.717) is 12.5 Å². The summed E-state index contributed by atoms with van der Waals surface area (Å²) in [4.78, 5) is 11.3. The van der Waals surface area contributed by atoms with E-state index in [1.165, 1.54) is 0 Å². The highest BCUT2D eigenvalue weighted by atomic mass is 19.2. The Kier molecular flexibility index (Phi) is 5.00. The quantitative estimate of drug-likeness (QED) is 0.801. The van der Waals surface area contributed by atoms with Crippen LogP contribution in [0.2, 0.25) is 0 Å². The van der Waals surface area contributed by atoms with Gasteiger partial charge in [0.25, 0.3) is 0 Å². The van der Waals surface area contributed by atoms with E-state index in [4.69, 9.17) is 0 Å². The number of rotatable bonds is 4. The molecule has 3 nitrogen and oxygen atoms in total. The second-order valence-electron chi connectivity index (χ2n) is 4.29. The van der Waals surface area contributed by atoms with Crippen molar-refractivity contribution in [1.29, 1.82) is 0 Å². The summed E-state index contributed by atoms with van der Waals surface area (Å²) < 4.78 is 38.7. The molecule has 0 atom stereocenters. The smallest absolute Gasteiger partial charge is 0.319 e. The second kappa shape index (κ2) is 6.28. The molecule has 0 saturated heterocycles. The van der Waals surface area contributed by atoms with Gasteiger partial charge in [0, 0.05) is 6.54 Å². The number of hydrogen-bond acceptors (Lipinski definition) is 1. The number of benzene rings is 1. The van der Waals surface area contributed by atoms with E-state index in [0.717, 1.165) is 18.6 Å². The molecule has 2 amide bonds. The first-order chi connectivity index (χ1) is 8.41. The normalized spacial score (nSPS) is 10.6. The summed E-state index contributed by atoms with van der Waals surface area (Å²) in [6, 6.07) is 1.07. The minimum Gasteiger partial charge on any atom is -0.338 e. The zero-order valence-electron chi connectivity index (χ0n) is 10.2. The van der Waals surface area contributed by atoms with Gasteiger partial charge in [-0.15, -0.1) is 0 Å². The van der Waals surface area contributed by atoms with Gasteiger partial charge in [-0.1, -0.05) is 13.8 Å². The summed E-state index contributed by atoms with van der Waals surface area (Å²) in [6.07, 6.45) is 0.772. The lowest BCUT2D eigenvalue weighted by Gasteiger charge is -2.10. The molecular weight excluding hydrogens is 245 g/mol. The van der Waals surface area contributed by atoms with Gasteiger partial charge < -0.3 is 10.6 Å². The van der Waals surface area contributed by atoms with Crippen molar-refractivity contribution >= 4 is 11.7 Å². The summed E-state index contributed by atoms with van der Waals surface area (Å²) in [5.74, 6) is -3.88. The van der Waals surface area contributed by atoms with E-state index < -0.39 is 29.2 Å². The Labute approximate surface area is 103 Å². The Morgan fingerprint density at radius 1 is 1.22 bits per heavy atom. The van der Waals surface area contributed by atoms with Crippen molar-refractivity contribution in [2.75, 3.05) is 11.9 Å². The third-order valence-corrected chi connectivity index (χ3v) is 2.29. The number of urea groups is 1. The molecule has 1 aromatic rings. The number of nitrogens with one attached hydrogen (secondary N) is 2. The van der Waals surface area contributed by atoms with Gasteiger partial charge in [0.15, 0.2) is 17.5 Å². The molecule has 0 bridgehead atoms. The fraction of sp³-hybridized carbons (Fsp3) is 0.417. The third-order valence-electron chi connectivity index (χ3n) is 2.29. The van der Waals surface area contributed by atoms with Crippen LogP contribution in [0.5, 0.6) is 0 Å². The van der Waals surface area contributed by atoms with E-state index in [9.17, 15) is 18.0 Å². The Hall–Kier alpha value is -1.72. The molecule has 2 N–H and O–H groups in total. The van der Waals surface area contributed by atoms with Crippen LogP contribution in [0.15, 0.2) is 12.1 Å². The van der Waals surface area contributed by atoms with Gasteiger partial charge in [-0.2, -0.15) is 0 Å². The number of hydrogen-bond donors (Lipinski definition) is 2. The van der Waals surface area contributed by atoms with Crippen molar-refractivity contribution in [3.8, 4) is 0 Å². The SMILES string of the molecule is CC(C)CCNC(=O)Nc1ccc(F)c(F)c1F. The molecule has 0 heterocycles. The molecule has 1 aromatic carbocycles. The maximum Gasteiger partial charge on any atom is 0.319 e. The number of carbonyl (C=O) groups is 1. The fourth-order valence-electron chi connectivity index (χ4n) is 1.26. The summed E-state index contributed by atoms with van der Waals surface area (Å²) in [7, 11) is 0. The van der Waals surface area contributed by atoms with E-state index in [2.05, 4.69) is 10.6 Å². The molecule has 1 rings (SSSR count). The van der Waals surface area contributed by atoms with Gasteiger partial charge in [0.2, 0.25) is 0 Å². The lowest BCUT2D eigenvalue weighted by molar-refractivity contribution is 0.251. The average molecular weight is 260 g/mol. The standard InChI is InChI=1S/C12H15F3N2O/c1-7(2)5-6-16-12(18)17-9-4-3-8(13)10(14)11(9)15/h3-4,7H,5-6H2,1-2H3,(H2,16,17,18). The molecular formula is C12H15F3N2O. The third kappa shape index (κ3) is 3.94. The van der Waals surface area contributed by atoms with Crippen molar-refractivity contribution in [2.45, 2.75) is 20.3 Å². The van der Waals surface area contributed by atoms with E-state index in [-0.39, 0.29) is 0 Å². The molecule has 0 aliphatic heterocycles. The monoisotopic (exact) mass is 260 g/mol. The predicted octanol–water partition coefficient (Wildman–Crippen LogP) is 3.27. The van der Waals surface area contributed by atoms with Crippen LogP contribution in [-0.2, 0) is 0 Å². The Morgan fingerprint density at radius 2 is 1.89 bits per heavy atom. The Morgan fingerprint density at radius 3 is 2.50 bits per heavy atom. The molecule has 6 heteroatoms. The zero-order valence-corrected chi connectivity index (χ0v) is 10.2. The largest absolute Gasteiger partial charge is 0.338 e. The van der Waals surface area contributed by atoms with E-state index in [1.807, 2.05) is 13.8 Å². The van der Waals surface area contributed by atoms with E-state index in [1.54, 1.807) is 0 Å². The molecule has 18 heavy (non-hydrogen) atoms. The predicted molar refractivity (Wildman–Crippen MR) is 62.8 cm³/mol. The summed E-state index contributed by atoms with van der Waals surface area (Å²) in [5.41, 5.74) is -0.393. The highest BCUT2D eigenvalue weighted by Gasteiger charge is 2.14.